The summed E-state index contributed by atoms with van der Waals surface area (Å²) in [5, 5.41) is 11.9. The first-order valence-electron chi connectivity index (χ1n) is 6.69. The maximum absolute atomic E-state index is 12.2. The van der Waals surface area contributed by atoms with Crippen LogP contribution in [-0.2, 0) is 0 Å². The molecule has 1 atom stereocenters. The molecule has 106 valence electrons. The molecule has 0 bridgehead atoms. The number of H-pyrrole nitrogens is 1. The molecule has 0 fully saturated rings. The van der Waals surface area contributed by atoms with Crippen molar-refractivity contribution in [3.63, 3.8) is 0 Å². The molecule has 0 radical (unpaired) electrons. The lowest BCUT2D eigenvalue weighted by atomic mass is 10.1. The molecule has 2 heterocycles. The lowest BCUT2D eigenvalue weighted by Crippen LogP contribution is -2.26. The molecule has 2 N–H and O–H groups in total. The minimum absolute atomic E-state index is 0.0550. The van der Waals surface area contributed by atoms with Crippen molar-refractivity contribution in [3.05, 3.63) is 65.2 Å². The lowest BCUT2D eigenvalue weighted by molar-refractivity contribution is 0.0935. The number of hydrogen-bond acceptors (Lipinski definition) is 3. The van der Waals surface area contributed by atoms with E-state index in [0.717, 1.165) is 16.1 Å². The second kappa shape index (κ2) is 5.93. The van der Waals surface area contributed by atoms with E-state index < -0.39 is 0 Å². The van der Waals surface area contributed by atoms with Crippen molar-refractivity contribution < 1.29 is 4.79 Å². The molecule has 2 aromatic heterocycles. The molecule has 0 aliphatic heterocycles. The zero-order valence-electron chi connectivity index (χ0n) is 11.5. The summed E-state index contributed by atoms with van der Waals surface area (Å²) in [6.45, 7) is 1.96. The van der Waals surface area contributed by atoms with E-state index in [1.165, 1.54) is 0 Å². The summed E-state index contributed by atoms with van der Waals surface area (Å²) in [7, 11) is 0. The zero-order chi connectivity index (χ0) is 14.7. The van der Waals surface area contributed by atoms with E-state index in [4.69, 9.17) is 0 Å². The van der Waals surface area contributed by atoms with Gasteiger partial charge in [-0.1, -0.05) is 36.4 Å². The third-order valence-electron chi connectivity index (χ3n) is 3.24. The minimum atomic E-state index is -0.176. The molecule has 21 heavy (non-hydrogen) atoms. The summed E-state index contributed by atoms with van der Waals surface area (Å²) >= 11 is 1.61. The molecule has 0 unspecified atom stereocenters. The third kappa shape index (κ3) is 3.03. The average molecular weight is 297 g/mol. The maximum atomic E-state index is 12.2. The summed E-state index contributed by atoms with van der Waals surface area (Å²) < 4.78 is 0. The van der Waals surface area contributed by atoms with Gasteiger partial charge in [-0.2, -0.15) is 5.10 Å². The van der Waals surface area contributed by atoms with Crippen LogP contribution in [0.3, 0.4) is 0 Å². The first kappa shape index (κ1) is 13.6. The Morgan fingerprint density at radius 1 is 1.24 bits per heavy atom. The number of rotatable bonds is 4. The summed E-state index contributed by atoms with van der Waals surface area (Å²) in [5.74, 6) is -0.176. The van der Waals surface area contributed by atoms with Crippen LogP contribution in [0.2, 0.25) is 0 Å². The number of benzene rings is 1. The standard InChI is InChI=1S/C16H15N3OS/c1-11(12-6-3-2-4-7-12)17-16(20)14-10-13(18-19-14)15-8-5-9-21-15/h2-11H,1H3,(H,17,20)(H,18,19)/t11-/m0/s1. The number of hydrogen-bond donors (Lipinski definition) is 2. The molecule has 5 heteroatoms. The number of nitrogens with zero attached hydrogens (tertiary/aromatic N) is 1. The number of carbonyl (C=O) groups is 1. The van der Waals surface area contributed by atoms with Crippen LogP contribution in [0.25, 0.3) is 10.6 Å². The molecule has 3 aromatic rings. The second-order valence-corrected chi connectivity index (χ2v) is 5.70. The van der Waals surface area contributed by atoms with Crippen LogP contribution in [0.1, 0.15) is 29.0 Å². The number of thiophene rings is 1. The van der Waals surface area contributed by atoms with Gasteiger partial charge in [0.15, 0.2) is 5.69 Å². The molecule has 0 saturated heterocycles. The third-order valence-corrected chi connectivity index (χ3v) is 4.15. The highest BCUT2D eigenvalue weighted by Crippen LogP contribution is 2.23. The van der Waals surface area contributed by atoms with Gasteiger partial charge >= 0.3 is 0 Å². The Bertz CT molecular complexity index is 719. The van der Waals surface area contributed by atoms with Gasteiger partial charge in [-0.05, 0) is 30.0 Å². The van der Waals surface area contributed by atoms with Gasteiger partial charge in [0.25, 0.3) is 5.91 Å². The highest BCUT2D eigenvalue weighted by Gasteiger charge is 2.15. The summed E-state index contributed by atoms with van der Waals surface area (Å²) in [5.41, 5.74) is 2.34. The van der Waals surface area contributed by atoms with Gasteiger partial charge in [-0.25, -0.2) is 0 Å². The minimum Gasteiger partial charge on any atom is -0.344 e. The van der Waals surface area contributed by atoms with E-state index in [2.05, 4.69) is 15.5 Å². The van der Waals surface area contributed by atoms with E-state index >= 15 is 0 Å². The molecular formula is C16H15N3OS. The van der Waals surface area contributed by atoms with Crippen molar-refractivity contribution in [1.82, 2.24) is 15.5 Å². The van der Waals surface area contributed by atoms with Crippen LogP contribution in [0.4, 0.5) is 0 Å². The van der Waals surface area contributed by atoms with Crippen molar-refractivity contribution in [2.75, 3.05) is 0 Å². The topological polar surface area (TPSA) is 57.8 Å². The first-order valence-corrected chi connectivity index (χ1v) is 7.57. The maximum Gasteiger partial charge on any atom is 0.272 e. The number of aromatic nitrogens is 2. The molecular weight excluding hydrogens is 282 g/mol. The molecule has 0 saturated carbocycles. The van der Waals surface area contributed by atoms with Crippen LogP contribution >= 0.6 is 11.3 Å². The van der Waals surface area contributed by atoms with Gasteiger partial charge in [0.05, 0.1) is 16.6 Å². The Kier molecular flexibility index (Phi) is 3.83. The van der Waals surface area contributed by atoms with Crippen LogP contribution in [0.5, 0.6) is 0 Å². The van der Waals surface area contributed by atoms with Gasteiger partial charge in [-0.15, -0.1) is 11.3 Å². The van der Waals surface area contributed by atoms with Crippen LogP contribution in [0.15, 0.2) is 53.9 Å². The molecule has 1 aromatic carbocycles. The quantitative estimate of drug-likeness (QED) is 0.772. The van der Waals surface area contributed by atoms with Gasteiger partial charge in [0.2, 0.25) is 0 Å². The Morgan fingerprint density at radius 2 is 2.05 bits per heavy atom. The predicted octanol–water partition coefficient (Wildman–Crippen LogP) is 3.63. The average Bonchev–Trinajstić information content (AvgIpc) is 3.19. The van der Waals surface area contributed by atoms with E-state index in [-0.39, 0.29) is 11.9 Å². The number of aromatic amines is 1. The Labute approximate surface area is 126 Å². The second-order valence-electron chi connectivity index (χ2n) is 4.75. The number of amides is 1. The fourth-order valence-electron chi connectivity index (χ4n) is 2.09. The fourth-order valence-corrected chi connectivity index (χ4v) is 2.78. The SMILES string of the molecule is C[C@H](NC(=O)c1cc(-c2cccs2)[nH]n1)c1ccccc1. The zero-order valence-corrected chi connectivity index (χ0v) is 12.4. The van der Waals surface area contributed by atoms with Crippen molar-refractivity contribution >= 4 is 17.2 Å². The van der Waals surface area contributed by atoms with Crippen molar-refractivity contribution in [2.45, 2.75) is 13.0 Å². The van der Waals surface area contributed by atoms with E-state index in [9.17, 15) is 4.79 Å². The fraction of sp³-hybridized carbons (Fsp3) is 0.125. The number of nitrogens with one attached hydrogen (secondary N) is 2. The normalized spacial score (nSPS) is 12.0. The Morgan fingerprint density at radius 3 is 2.76 bits per heavy atom. The highest BCUT2D eigenvalue weighted by atomic mass is 32.1. The van der Waals surface area contributed by atoms with E-state index in [1.54, 1.807) is 17.4 Å². The monoisotopic (exact) mass is 297 g/mol. The van der Waals surface area contributed by atoms with Crippen LogP contribution in [0, 0.1) is 0 Å². The molecule has 0 aliphatic rings. The largest absolute Gasteiger partial charge is 0.344 e. The van der Waals surface area contributed by atoms with E-state index in [0.29, 0.717) is 5.69 Å². The number of carbonyl (C=O) groups excluding carboxylic acids is 1. The molecule has 4 nitrogen and oxygen atoms in total. The summed E-state index contributed by atoms with van der Waals surface area (Å²) in [6.07, 6.45) is 0. The van der Waals surface area contributed by atoms with Gasteiger partial charge < -0.3 is 5.32 Å². The molecule has 1 amide bonds. The Hall–Kier alpha value is -2.40. The summed E-state index contributed by atoms with van der Waals surface area (Å²) in [6, 6.07) is 15.5. The molecule has 3 rings (SSSR count). The summed E-state index contributed by atoms with van der Waals surface area (Å²) in [4.78, 5) is 13.3. The predicted molar refractivity (Wildman–Crippen MR) is 84.2 cm³/mol. The molecule has 0 spiro atoms. The van der Waals surface area contributed by atoms with Gasteiger partial charge in [0, 0.05) is 0 Å². The highest BCUT2D eigenvalue weighted by molar-refractivity contribution is 7.13. The van der Waals surface area contributed by atoms with Crippen molar-refractivity contribution in [3.8, 4) is 10.6 Å². The van der Waals surface area contributed by atoms with Crippen molar-refractivity contribution in [1.29, 1.82) is 0 Å². The van der Waals surface area contributed by atoms with Crippen LogP contribution < -0.4 is 5.32 Å². The Balaban J connectivity index is 1.71. The van der Waals surface area contributed by atoms with Crippen molar-refractivity contribution in [2.24, 2.45) is 0 Å². The van der Waals surface area contributed by atoms with Crippen LogP contribution in [-0.4, -0.2) is 16.1 Å². The van der Waals surface area contributed by atoms with Gasteiger partial charge in [0.1, 0.15) is 0 Å². The van der Waals surface area contributed by atoms with Gasteiger partial charge in [-0.3, -0.25) is 9.89 Å². The lowest BCUT2D eigenvalue weighted by Gasteiger charge is -2.12. The van der Waals surface area contributed by atoms with E-state index in [1.807, 2.05) is 54.8 Å². The smallest absolute Gasteiger partial charge is 0.272 e. The first-order chi connectivity index (χ1) is 10.2. The molecule has 0 aliphatic carbocycles.